The summed E-state index contributed by atoms with van der Waals surface area (Å²) in [6, 6.07) is 9.84. The highest BCUT2D eigenvalue weighted by Crippen LogP contribution is 2.18. The van der Waals surface area contributed by atoms with Gasteiger partial charge in [0.1, 0.15) is 6.04 Å². The van der Waals surface area contributed by atoms with Crippen LogP contribution in [0.1, 0.15) is 6.92 Å². The summed E-state index contributed by atoms with van der Waals surface area (Å²) in [5.74, 6) is -5.10. The van der Waals surface area contributed by atoms with Crippen molar-refractivity contribution in [3.63, 3.8) is 0 Å². The molecule has 0 aromatic heterocycles. The fraction of sp³-hybridized carbons (Fsp3) is 0.300. The van der Waals surface area contributed by atoms with E-state index in [0.717, 1.165) is 5.69 Å². The molecule has 3 amide bonds. The Morgan fingerprint density at radius 2 is 1.55 bits per heavy atom. The average molecular weight is 406 g/mol. The number of para-hydroxylation sites is 1. The van der Waals surface area contributed by atoms with Gasteiger partial charge in [0.15, 0.2) is 17.5 Å². The van der Waals surface area contributed by atoms with Crippen LogP contribution in [0.2, 0.25) is 0 Å². The predicted molar refractivity (Wildman–Crippen MR) is 103 cm³/mol. The summed E-state index contributed by atoms with van der Waals surface area (Å²) in [5.41, 5.74) is 0.850. The first-order chi connectivity index (χ1) is 13.8. The maximum Gasteiger partial charge on any atom is 0.318 e. The van der Waals surface area contributed by atoms with Crippen molar-refractivity contribution >= 4 is 23.3 Å². The van der Waals surface area contributed by atoms with Crippen molar-refractivity contribution in [2.45, 2.75) is 13.0 Å². The molecule has 0 spiro atoms. The van der Waals surface area contributed by atoms with E-state index in [1.54, 1.807) is 4.90 Å². The molecule has 2 aromatic carbocycles. The van der Waals surface area contributed by atoms with Gasteiger partial charge in [-0.2, -0.15) is 0 Å². The van der Waals surface area contributed by atoms with Gasteiger partial charge in [-0.15, -0.1) is 0 Å². The summed E-state index contributed by atoms with van der Waals surface area (Å²) in [6.45, 7) is 3.74. The Labute approximate surface area is 166 Å². The van der Waals surface area contributed by atoms with Gasteiger partial charge in [-0.1, -0.05) is 18.2 Å². The van der Waals surface area contributed by atoms with Gasteiger partial charge in [0.2, 0.25) is 5.91 Å². The fourth-order valence-electron chi connectivity index (χ4n) is 3.03. The van der Waals surface area contributed by atoms with Gasteiger partial charge in [-0.05, 0) is 19.1 Å². The fourth-order valence-corrected chi connectivity index (χ4v) is 3.03. The number of anilines is 2. The molecule has 0 saturated carbocycles. The van der Waals surface area contributed by atoms with E-state index >= 15 is 0 Å². The maximum absolute atomic E-state index is 13.3. The molecular formula is C20H21F3N4O2. The van der Waals surface area contributed by atoms with Crippen molar-refractivity contribution in [1.82, 2.24) is 10.2 Å². The highest BCUT2D eigenvalue weighted by molar-refractivity contribution is 5.96. The number of hydrogen-bond donors (Lipinski definition) is 2. The number of carbonyl (C=O) groups excluding carboxylic acids is 2. The SMILES string of the molecule is CC(NC(=O)N1CCN(c2ccccc2)CC1)C(=O)Nc1cc(F)c(F)c(F)c1. The molecule has 0 bridgehead atoms. The van der Waals surface area contributed by atoms with E-state index in [2.05, 4.69) is 15.5 Å². The minimum Gasteiger partial charge on any atom is -0.368 e. The van der Waals surface area contributed by atoms with Gasteiger partial charge in [0.05, 0.1) is 0 Å². The Kier molecular flexibility index (Phi) is 6.26. The van der Waals surface area contributed by atoms with Crippen LogP contribution in [0.3, 0.4) is 0 Å². The number of piperazine rings is 1. The van der Waals surface area contributed by atoms with E-state index in [1.807, 2.05) is 30.3 Å². The second-order valence-electron chi connectivity index (χ2n) is 6.72. The maximum atomic E-state index is 13.3. The first kappa shape index (κ1) is 20.5. The molecule has 1 unspecified atom stereocenters. The van der Waals surface area contributed by atoms with Crippen LogP contribution in [0, 0.1) is 17.5 Å². The summed E-state index contributed by atoms with van der Waals surface area (Å²) in [4.78, 5) is 28.4. The van der Waals surface area contributed by atoms with Crippen LogP contribution in [0.25, 0.3) is 0 Å². The number of halogens is 3. The quantitative estimate of drug-likeness (QED) is 0.768. The van der Waals surface area contributed by atoms with Crippen molar-refractivity contribution in [2.24, 2.45) is 0 Å². The molecule has 0 radical (unpaired) electrons. The zero-order valence-electron chi connectivity index (χ0n) is 15.8. The largest absolute Gasteiger partial charge is 0.368 e. The standard InChI is InChI=1S/C20H21F3N4O2/c1-13(19(28)25-14-11-16(21)18(23)17(22)12-14)24-20(29)27-9-7-26(8-10-27)15-5-3-2-4-6-15/h2-6,11-13H,7-10H2,1H3,(H,24,29)(H,25,28). The molecule has 154 valence electrons. The zero-order chi connectivity index (χ0) is 21.0. The van der Waals surface area contributed by atoms with E-state index in [0.29, 0.717) is 38.3 Å². The van der Waals surface area contributed by atoms with Crippen LogP contribution in [0.4, 0.5) is 29.3 Å². The highest BCUT2D eigenvalue weighted by Gasteiger charge is 2.24. The zero-order valence-corrected chi connectivity index (χ0v) is 15.8. The molecule has 1 aliphatic rings. The molecule has 1 fully saturated rings. The number of amides is 3. The van der Waals surface area contributed by atoms with Crippen LogP contribution in [-0.4, -0.2) is 49.1 Å². The number of carbonyl (C=O) groups is 2. The van der Waals surface area contributed by atoms with Crippen LogP contribution in [0.5, 0.6) is 0 Å². The monoisotopic (exact) mass is 406 g/mol. The average Bonchev–Trinajstić information content (AvgIpc) is 2.72. The van der Waals surface area contributed by atoms with Crippen molar-refractivity contribution in [3.8, 4) is 0 Å². The highest BCUT2D eigenvalue weighted by atomic mass is 19.2. The first-order valence-corrected chi connectivity index (χ1v) is 9.16. The van der Waals surface area contributed by atoms with Crippen LogP contribution >= 0.6 is 0 Å². The molecule has 1 atom stereocenters. The third kappa shape index (κ3) is 4.98. The molecule has 6 nitrogen and oxygen atoms in total. The molecule has 2 aromatic rings. The molecule has 29 heavy (non-hydrogen) atoms. The first-order valence-electron chi connectivity index (χ1n) is 9.16. The Balaban J connectivity index is 1.51. The Hall–Kier alpha value is -3.23. The lowest BCUT2D eigenvalue weighted by Gasteiger charge is -2.36. The summed E-state index contributed by atoms with van der Waals surface area (Å²) in [5, 5.41) is 4.82. The molecular weight excluding hydrogens is 385 g/mol. The Morgan fingerprint density at radius 3 is 2.14 bits per heavy atom. The van der Waals surface area contributed by atoms with Crippen LogP contribution in [-0.2, 0) is 4.79 Å². The summed E-state index contributed by atoms with van der Waals surface area (Å²) < 4.78 is 39.5. The minimum absolute atomic E-state index is 0.232. The number of urea groups is 1. The normalized spacial score (nSPS) is 15.0. The molecule has 9 heteroatoms. The Morgan fingerprint density at radius 1 is 0.966 bits per heavy atom. The number of rotatable bonds is 4. The summed E-state index contributed by atoms with van der Waals surface area (Å²) in [6.07, 6.45) is 0. The third-order valence-corrected chi connectivity index (χ3v) is 4.67. The van der Waals surface area contributed by atoms with Gasteiger partial charge in [0.25, 0.3) is 0 Å². The molecule has 0 aliphatic carbocycles. The molecule has 1 heterocycles. The van der Waals surface area contributed by atoms with Crippen molar-refractivity contribution in [2.75, 3.05) is 36.4 Å². The molecule has 1 aliphatic heterocycles. The van der Waals surface area contributed by atoms with Gasteiger partial charge >= 0.3 is 6.03 Å². The topological polar surface area (TPSA) is 64.7 Å². The summed E-state index contributed by atoms with van der Waals surface area (Å²) in [7, 11) is 0. The third-order valence-electron chi connectivity index (χ3n) is 4.67. The summed E-state index contributed by atoms with van der Waals surface area (Å²) >= 11 is 0. The smallest absolute Gasteiger partial charge is 0.318 e. The van der Waals surface area contributed by atoms with Gasteiger partial charge in [0, 0.05) is 49.7 Å². The lowest BCUT2D eigenvalue weighted by atomic mass is 10.2. The van der Waals surface area contributed by atoms with E-state index in [9.17, 15) is 22.8 Å². The van der Waals surface area contributed by atoms with Crippen molar-refractivity contribution in [1.29, 1.82) is 0 Å². The van der Waals surface area contributed by atoms with Gasteiger partial charge in [-0.3, -0.25) is 4.79 Å². The molecule has 2 N–H and O–H groups in total. The van der Waals surface area contributed by atoms with E-state index in [4.69, 9.17) is 0 Å². The lowest BCUT2D eigenvalue weighted by Crippen LogP contribution is -2.54. The van der Waals surface area contributed by atoms with E-state index in [1.165, 1.54) is 6.92 Å². The number of hydrogen-bond acceptors (Lipinski definition) is 3. The van der Waals surface area contributed by atoms with Crippen molar-refractivity contribution in [3.05, 3.63) is 59.9 Å². The molecule has 1 saturated heterocycles. The lowest BCUT2D eigenvalue weighted by molar-refractivity contribution is -0.117. The van der Waals surface area contributed by atoms with Gasteiger partial charge in [-0.25, -0.2) is 18.0 Å². The van der Waals surface area contributed by atoms with E-state index < -0.39 is 35.4 Å². The second kappa shape index (κ2) is 8.85. The number of benzene rings is 2. The molecule has 3 rings (SSSR count). The van der Waals surface area contributed by atoms with Crippen LogP contribution < -0.4 is 15.5 Å². The minimum atomic E-state index is -1.61. The van der Waals surface area contributed by atoms with Crippen LogP contribution in [0.15, 0.2) is 42.5 Å². The second-order valence-corrected chi connectivity index (χ2v) is 6.72. The van der Waals surface area contributed by atoms with Gasteiger partial charge < -0.3 is 20.4 Å². The van der Waals surface area contributed by atoms with Crippen molar-refractivity contribution < 1.29 is 22.8 Å². The predicted octanol–water partition coefficient (Wildman–Crippen LogP) is 2.96. The van der Waals surface area contributed by atoms with E-state index in [-0.39, 0.29) is 5.69 Å². The Bertz CT molecular complexity index is 864. The number of nitrogens with zero attached hydrogens (tertiary/aromatic N) is 2. The number of nitrogens with one attached hydrogen (secondary N) is 2.